The molecule has 0 spiro atoms. The first-order valence-corrected chi connectivity index (χ1v) is 9.69. The van der Waals surface area contributed by atoms with Gasteiger partial charge in [0.1, 0.15) is 0 Å². The molecule has 2 N–H and O–H groups in total. The lowest BCUT2D eigenvalue weighted by Crippen LogP contribution is -2.39. The summed E-state index contributed by atoms with van der Waals surface area (Å²) < 4.78 is 1.94. The second kappa shape index (κ2) is 9.73. The van der Waals surface area contributed by atoms with Gasteiger partial charge in [-0.15, -0.1) is 11.8 Å². The molecule has 1 aromatic heterocycles. The lowest BCUT2D eigenvalue weighted by Gasteiger charge is -2.12. The highest BCUT2D eigenvalue weighted by Crippen LogP contribution is 2.19. The van der Waals surface area contributed by atoms with Crippen molar-refractivity contribution in [2.45, 2.75) is 25.2 Å². The summed E-state index contributed by atoms with van der Waals surface area (Å²) in [5.74, 6) is 1.79. The Bertz CT molecular complexity index is 709. The van der Waals surface area contributed by atoms with Gasteiger partial charge in [0, 0.05) is 48.5 Å². The number of hydrogen-bond donors (Lipinski definition) is 2. The molecule has 0 saturated heterocycles. The van der Waals surface area contributed by atoms with Gasteiger partial charge in [0.25, 0.3) is 0 Å². The first-order valence-electron chi connectivity index (χ1n) is 8.33. The van der Waals surface area contributed by atoms with E-state index in [9.17, 15) is 0 Å². The number of nitrogens with zero attached hydrogens (tertiary/aromatic N) is 3. The summed E-state index contributed by atoms with van der Waals surface area (Å²) in [4.78, 5) is 5.49. The number of aromatic nitrogens is 2. The minimum atomic E-state index is 0.770. The first kappa shape index (κ1) is 19.7. The number of nitrogens with one attached hydrogen (secondary N) is 2. The maximum atomic E-state index is 5.90. The van der Waals surface area contributed by atoms with E-state index in [2.05, 4.69) is 34.6 Å². The van der Waals surface area contributed by atoms with Crippen LogP contribution >= 0.6 is 23.4 Å². The SMILES string of the molecule is CN=C(NCCSc1ccc(Cl)cc1)NCCc1c(C)nn(C)c1C. The number of guanidine groups is 1. The molecule has 0 saturated carbocycles. The van der Waals surface area contributed by atoms with Gasteiger partial charge in [-0.05, 0) is 50.1 Å². The van der Waals surface area contributed by atoms with Gasteiger partial charge >= 0.3 is 0 Å². The van der Waals surface area contributed by atoms with Crippen molar-refractivity contribution in [3.63, 3.8) is 0 Å². The summed E-state index contributed by atoms with van der Waals surface area (Å²) in [5, 5.41) is 11.9. The number of rotatable bonds is 7. The van der Waals surface area contributed by atoms with Crippen LogP contribution in [0.4, 0.5) is 0 Å². The highest BCUT2D eigenvalue weighted by Gasteiger charge is 2.09. The number of benzene rings is 1. The van der Waals surface area contributed by atoms with Gasteiger partial charge < -0.3 is 10.6 Å². The molecule has 0 aliphatic rings. The molecule has 0 fully saturated rings. The fourth-order valence-corrected chi connectivity index (χ4v) is 3.47. The van der Waals surface area contributed by atoms with E-state index in [4.69, 9.17) is 11.6 Å². The molecule has 7 heteroatoms. The molecule has 0 aliphatic heterocycles. The lowest BCUT2D eigenvalue weighted by atomic mass is 10.1. The summed E-state index contributed by atoms with van der Waals surface area (Å²) in [6.45, 7) is 5.84. The molecule has 1 heterocycles. The van der Waals surface area contributed by atoms with Crippen molar-refractivity contribution in [3.8, 4) is 0 Å². The predicted molar refractivity (Wildman–Crippen MR) is 108 cm³/mol. The highest BCUT2D eigenvalue weighted by atomic mass is 35.5. The quantitative estimate of drug-likeness (QED) is 0.336. The monoisotopic (exact) mass is 379 g/mol. The summed E-state index contributed by atoms with van der Waals surface area (Å²) in [6, 6.07) is 7.91. The lowest BCUT2D eigenvalue weighted by molar-refractivity contribution is 0.729. The Morgan fingerprint density at radius 2 is 1.88 bits per heavy atom. The van der Waals surface area contributed by atoms with Gasteiger partial charge in [-0.1, -0.05) is 11.6 Å². The molecular weight excluding hydrogens is 354 g/mol. The van der Waals surface area contributed by atoms with Gasteiger partial charge in [-0.25, -0.2) is 0 Å². The van der Waals surface area contributed by atoms with E-state index in [1.165, 1.54) is 16.2 Å². The van der Waals surface area contributed by atoms with Gasteiger partial charge in [0.15, 0.2) is 5.96 Å². The van der Waals surface area contributed by atoms with Gasteiger partial charge in [0.2, 0.25) is 0 Å². The molecule has 25 heavy (non-hydrogen) atoms. The van der Waals surface area contributed by atoms with Crippen molar-refractivity contribution in [3.05, 3.63) is 46.2 Å². The molecule has 0 amide bonds. The van der Waals surface area contributed by atoms with Crippen LogP contribution < -0.4 is 10.6 Å². The summed E-state index contributed by atoms with van der Waals surface area (Å²) >= 11 is 7.69. The van der Waals surface area contributed by atoms with Crippen LogP contribution in [0.2, 0.25) is 5.02 Å². The Hall–Kier alpha value is -1.66. The second-order valence-corrected chi connectivity index (χ2v) is 7.36. The number of hydrogen-bond acceptors (Lipinski definition) is 3. The van der Waals surface area contributed by atoms with E-state index in [-0.39, 0.29) is 0 Å². The van der Waals surface area contributed by atoms with Crippen LogP contribution in [0.3, 0.4) is 0 Å². The smallest absolute Gasteiger partial charge is 0.191 e. The zero-order chi connectivity index (χ0) is 18.2. The molecule has 0 unspecified atom stereocenters. The minimum Gasteiger partial charge on any atom is -0.356 e. The summed E-state index contributed by atoms with van der Waals surface area (Å²) in [5.41, 5.74) is 3.63. The van der Waals surface area contributed by atoms with E-state index in [0.29, 0.717) is 0 Å². The maximum absolute atomic E-state index is 5.90. The Morgan fingerprint density at radius 3 is 2.48 bits per heavy atom. The Labute approximate surface area is 159 Å². The minimum absolute atomic E-state index is 0.770. The van der Waals surface area contributed by atoms with Crippen LogP contribution in [0, 0.1) is 13.8 Å². The number of halogens is 1. The summed E-state index contributed by atoms with van der Waals surface area (Å²) in [6.07, 6.45) is 0.936. The van der Waals surface area contributed by atoms with Gasteiger partial charge in [-0.3, -0.25) is 9.67 Å². The third-order valence-electron chi connectivity index (χ3n) is 4.03. The molecule has 2 rings (SSSR count). The third kappa shape index (κ3) is 5.97. The Balaban J connectivity index is 1.69. The second-order valence-electron chi connectivity index (χ2n) is 5.75. The van der Waals surface area contributed by atoms with Crippen LogP contribution in [-0.2, 0) is 13.5 Å². The molecule has 136 valence electrons. The van der Waals surface area contributed by atoms with E-state index >= 15 is 0 Å². The molecule has 0 atom stereocenters. The van der Waals surface area contributed by atoms with E-state index in [0.717, 1.165) is 41.9 Å². The van der Waals surface area contributed by atoms with Crippen LogP contribution in [0.25, 0.3) is 0 Å². The number of aliphatic imine (C=N–C) groups is 1. The molecule has 2 aromatic rings. The van der Waals surface area contributed by atoms with Crippen LogP contribution in [0.15, 0.2) is 34.2 Å². The topological polar surface area (TPSA) is 54.2 Å². The van der Waals surface area contributed by atoms with Crippen LogP contribution in [0.5, 0.6) is 0 Å². The molecule has 1 aromatic carbocycles. The number of aryl methyl sites for hydroxylation is 2. The van der Waals surface area contributed by atoms with Crippen molar-refractivity contribution in [1.82, 2.24) is 20.4 Å². The third-order valence-corrected chi connectivity index (χ3v) is 5.29. The van der Waals surface area contributed by atoms with Crippen molar-refractivity contribution in [2.24, 2.45) is 12.0 Å². The van der Waals surface area contributed by atoms with Crippen LogP contribution in [-0.4, -0.2) is 41.6 Å². The van der Waals surface area contributed by atoms with Gasteiger partial charge in [0.05, 0.1) is 5.69 Å². The van der Waals surface area contributed by atoms with Crippen molar-refractivity contribution < 1.29 is 0 Å². The Morgan fingerprint density at radius 1 is 1.20 bits per heavy atom. The highest BCUT2D eigenvalue weighted by molar-refractivity contribution is 7.99. The first-order chi connectivity index (χ1) is 12.0. The van der Waals surface area contributed by atoms with Crippen molar-refractivity contribution in [1.29, 1.82) is 0 Å². The van der Waals surface area contributed by atoms with E-state index in [1.54, 1.807) is 18.8 Å². The zero-order valence-corrected chi connectivity index (χ0v) is 16.8. The molecule has 0 radical (unpaired) electrons. The normalized spacial score (nSPS) is 11.6. The number of thioether (sulfide) groups is 1. The largest absolute Gasteiger partial charge is 0.356 e. The van der Waals surface area contributed by atoms with Crippen molar-refractivity contribution in [2.75, 3.05) is 25.9 Å². The molecule has 0 bridgehead atoms. The fraction of sp³-hybridized carbons (Fsp3) is 0.444. The van der Waals surface area contributed by atoms with Crippen LogP contribution in [0.1, 0.15) is 17.0 Å². The average Bonchev–Trinajstić information content (AvgIpc) is 2.84. The zero-order valence-electron chi connectivity index (χ0n) is 15.3. The Kier molecular flexibility index (Phi) is 7.65. The maximum Gasteiger partial charge on any atom is 0.191 e. The van der Waals surface area contributed by atoms with E-state index in [1.807, 2.05) is 36.0 Å². The van der Waals surface area contributed by atoms with Crippen molar-refractivity contribution >= 4 is 29.3 Å². The summed E-state index contributed by atoms with van der Waals surface area (Å²) in [7, 11) is 3.78. The molecule has 5 nitrogen and oxygen atoms in total. The predicted octanol–water partition coefficient (Wildman–Crippen LogP) is 3.19. The average molecular weight is 380 g/mol. The standard InChI is InChI=1S/C18H26ClN5S/c1-13-17(14(2)24(4)23-13)9-10-21-18(20-3)22-11-12-25-16-7-5-15(19)6-8-16/h5-8H,9-12H2,1-4H3,(H2,20,21,22). The van der Waals surface area contributed by atoms with Gasteiger partial charge in [-0.2, -0.15) is 5.10 Å². The fourth-order valence-electron chi connectivity index (χ4n) is 2.57. The molecular formula is C18H26ClN5S. The molecule has 0 aliphatic carbocycles. The van der Waals surface area contributed by atoms with E-state index < -0.39 is 0 Å².